The van der Waals surface area contributed by atoms with Crippen molar-refractivity contribution < 1.29 is 65.4 Å². The van der Waals surface area contributed by atoms with E-state index in [9.17, 15) is 0 Å². The van der Waals surface area contributed by atoms with Crippen LogP contribution in [0.15, 0.2) is 28.8 Å². The topological polar surface area (TPSA) is 44.5 Å². The molecule has 0 unspecified atom stereocenters. The molecule has 2 heterocycles. The Labute approximate surface area is 155 Å². The van der Waals surface area contributed by atoms with E-state index in [0.717, 1.165) is 17.3 Å². The van der Waals surface area contributed by atoms with Gasteiger partial charge in [0.15, 0.2) is 0 Å². The monoisotopic (exact) mass is 284 g/mol. The van der Waals surface area contributed by atoms with Gasteiger partial charge in [-0.25, -0.2) is 5.16 Å². The maximum Gasteiger partial charge on any atom is 1.00 e. The van der Waals surface area contributed by atoms with Crippen molar-refractivity contribution in [3.63, 3.8) is 0 Å². The maximum absolute atomic E-state index is 5.06. The van der Waals surface area contributed by atoms with Crippen molar-refractivity contribution in [1.82, 2.24) is 5.16 Å². The zero-order valence-electron chi connectivity index (χ0n) is 11.7. The first-order valence-electron chi connectivity index (χ1n) is 5.66. The minimum absolute atomic E-state index is 0. The van der Waals surface area contributed by atoms with Crippen molar-refractivity contribution in [3.05, 3.63) is 42.3 Å². The largest absolute Gasteiger partial charge is 1.00 e. The van der Waals surface area contributed by atoms with Crippen LogP contribution in [0, 0.1) is 12.3 Å². The van der Waals surface area contributed by atoms with E-state index in [-0.39, 0.29) is 56.8 Å². The van der Waals surface area contributed by atoms with Crippen LogP contribution in [0.2, 0.25) is 0 Å². The molecule has 0 amide bonds. The van der Waals surface area contributed by atoms with Crippen LogP contribution in [0.4, 0.5) is 0 Å². The van der Waals surface area contributed by atoms with Crippen molar-refractivity contribution in [2.45, 2.75) is 26.2 Å². The predicted octanol–water partition coefficient (Wildman–Crippen LogP) is -0.00822. The first-order valence-corrected chi connectivity index (χ1v) is 5.66. The minimum atomic E-state index is 0. The molecule has 0 atom stereocenters. The molecule has 1 aromatic heterocycles. The Balaban J connectivity index is 0.000000180. The number of fused-ring (bicyclic) bond motifs is 1. The van der Waals surface area contributed by atoms with Gasteiger partial charge in [0.05, 0.1) is 11.5 Å². The van der Waals surface area contributed by atoms with Crippen molar-refractivity contribution in [1.29, 1.82) is 0 Å². The van der Waals surface area contributed by atoms with Crippen LogP contribution in [-0.4, -0.2) is 11.9 Å². The van der Waals surface area contributed by atoms with Gasteiger partial charge in [-0.15, -0.1) is 18.3 Å². The van der Waals surface area contributed by atoms with Gasteiger partial charge in [0.1, 0.15) is 0 Å². The summed E-state index contributed by atoms with van der Waals surface area (Å²) in [5, 5.41) is 3.49. The Morgan fingerprint density at radius 2 is 1.89 bits per heavy atom. The fourth-order valence-corrected chi connectivity index (χ4v) is 1.33. The Morgan fingerprint density at radius 1 is 1.16 bits per heavy atom. The van der Waals surface area contributed by atoms with Gasteiger partial charge < -0.3 is 14.0 Å². The van der Waals surface area contributed by atoms with Crippen LogP contribution < -0.4 is 60.9 Å². The summed E-state index contributed by atoms with van der Waals surface area (Å²) in [5.41, 5.74) is 0.0625. The molecule has 3 rings (SSSR count). The minimum Gasteiger partial charge on any atom is -0.516 e. The number of hydrogen-bond acceptors (Lipinski definition) is 4. The van der Waals surface area contributed by atoms with Gasteiger partial charge in [0.2, 0.25) is 6.79 Å². The van der Waals surface area contributed by atoms with Crippen molar-refractivity contribution in [3.8, 4) is 11.5 Å². The molecule has 4 nitrogen and oxygen atoms in total. The molecule has 0 saturated heterocycles. The Hall–Kier alpha value is -0.334. The molecular weight excluding hydrogens is 269 g/mol. The molecule has 5 heteroatoms. The maximum atomic E-state index is 5.06. The molecule has 1 aromatic carbocycles. The molecule has 96 valence electrons. The van der Waals surface area contributed by atoms with Crippen LogP contribution in [-0.2, 0) is 5.41 Å². The number of rotatable bonds is 0. The fraction of sp³-hybridized carbons (Fsp3) is 0.357. The van der Waals surface area contributed by atoms with E-state index >= 15 is 0 Å². The third kappa shape index (κ3) is 4.93. The van der Waals surface area contributed by atoms with E-state index in [0.29, 0.717) is 6.79 Å². The number of benzene rings is 1. The Kier molecular flexibility index (Phi) is 6.56. The van der Waals surface area contributed by atoms with Gasteiger partial charge in [-0.2, -0.15) is 18.2 Å². The second kappa shape index (κ2) is 7.45. The fourth-order valence-electron chi connectivity index (χ4n) is 1.33. The van der Waals surface area contributed by atoms with E-state index in [1.54, 1.807) is 18.2 Å². The van der Waals surface area contributed by atoms with Gasteiger partial charge >= 0.3 is 51.4 Å². The van der Waals surface area contributed by atoms with Gasteiger partial charge in [-0.05, 0) is 11.2 Å². The number of hydrogen-bond donors (Lipinski definition) is 0. The predicted molar refractivity (Wildman–Crippen MR) is 65.4 cm³/mol. The third-order valence-electron chi connectivity index (χ3n) is 2.35. The normalized spacial score (nSPS) is 12.2. The number of aromatic nitrogens is 1. The van der Waals surface area contributed by atoms with Crippen molar-refractivity contribution in [2.24, 2.45) is 0 Å². The van der Waals surface area contributed by atoms with Gasteiger partial charge in [0.25, 0.3) is 0 Å². The van der Waals surface area contributed by atoms with E-state index in [1.807, 2.05) is 6.07 Å². The molecule has 0 bridgehead atoms. The second-order valence-electron chi connectivity index (χ2n) is 4.85. The standard InChI is InChI=1S/C7H10NO.C7H5O2.K/c1-7(2,3)6-4-5-8-9-6;1-2-4-7-6(3-1)8-5-9-7;/h4H,1-3H3;1,3-4H,5H2;/q2*-1;+1. The van der Waals surface area contributed by atoms with Gasteiger partial charge in [0, 0.05) is 0 Å². The van der Waals surface area contributed by atoms with Gasteiger partial charge in [-0.3, -0.25) is 0 Å². The second-order valence-corrected chi connectivity index (χ2v) is 4.85. The zero-order chi connectivity index (χ0) is 13.0. The van der Waals surface area contributed by atoms with E-state index < -0.39 is 0 Å². The Bertz CT molecular complexity index is 469. The van der Waals surface area contributed by atoms with Crippen molar-refractivity contribution >= 4 is 0 Å². The molecule has 0 N–H and O–H groups in total. The molecule has 0 spiro atoms. The van der Waals surface area contributed by atoms with E-state index in [2.05, 4.69) is 38.2 Å². The van der Waals surface area contributed by atoms with Crippen molar-refractivity contribution in [2.75, 3.05) is 6.79 Å². The summed E-state index contributed by atoms with van der Waals surface area (Å²) in [6.45, 7) is 6.55. The number of ether oxygens (including phenoxy) is 2. The summed E-state index contributed by atoms with van der Waals surface area (Å²) >= 11 is 0. The number of nitrogens with zero attached hydrogens (tertiary/aromatic N) is 1. The average molecular weight is 284 g/mol. The Morgan fingerprint density at radius 3 is 2.42 bits per heavy atom. The summed E-state index contributed by atoms with van der Waals surface area (Å²) in [6.07, 6.45) is 2.62. The molecular formula is C14H15KNO3-. The molecule has 0 saturated carbocycles. The van der Waals surface area contributed by atoms with E-state index in [1.165, 1.54) is 0 Å². The first-order chi connectivity index (χ1) is 8.57. The average Bonchev–Trinajstić information content (AvgIpc) is 3.00. The van der Waals surface area contributed by atoms with Crippen LogP contribution in [0.25, 0.3) is 0 Å². The van der Waals surface area contributed by atoms with Crippen LogP contribution in [0.5, 0.6) is 11.5 Å². The van der Waals surface area contributed by atoms with E-state index in [4.69, 9.17) is 14.0 Å². The van der Waals surface area contributed by atoms with Crippen LogP contribution >= 0.6 is 0 Å². The molecule has 1 aliphatic rings. The quantitative estimate of drug-likeness (QED) is 0.504. The molecule has 0 fully saturated rings. The summed E-state index contributed by atoms with van der Waals surface area (Å²) in [6, 6.07) is 10.1. The summed E-state index contributed by atoms with van der Waals surface area (Å²) in [5.74, 6) is 2.48. The molecule has 0 radical (unpaired) electrons. The molecule has 0 aliphatic carbocycles. The van der Waals surface area contributed by atoms with Crippen LogP contribution in [0.1, 0.15) is 26.5 Å². The third-order valence-corrected chi connectivity index (χ3v) is 2.35. The zero-order valence-corrected chi connectivity index (χ0v) is 14.8. The SMILES string of the molecule is CC(C)(C)c1c[c-]no1.[K+].[c-]1ccc2c(c1)OCO2. The summed E-state index contributed by atoms with van der Waals surface area (Å²) in [4.78, 5) is 0. The summed E-state index contributed by atoms with van der Waals surface area (Å²) < 4.78 is 15.0. The molecule has 1 aliphatic heterocycles. The molecule has 2 aromatic rings. The smallest absolute Gasteiger partial charge is 0.516 e. The molecule has 19 heavy (non-hydrogen) atoms. The summed E-state index contributed by atoms with van der Waals surface area (Å²) in [7, 11) is 0. The van der Waals surface area contributed by atoms with Crippen LogP contribution in [0.3, 0.4) is 0 Å². The first kappa shape index (κ1) is 16.7. The van der Waals surface area contributed by atoms with Gasteiger partial charge in [-0.1, -0.05) is 20.8 Å².